The molecule has 3 amide bonds. The predicted molar refractivity (Wildman–Crippen MR) is 106 cm³/mol. The van der Waals surface area contributed by atoms with Gasteiger partial charge in [-0.05, 0) is 67.9 Å². The number of para-hydroxylation sites is 1. The molecule has 0 unspecified atom stereocenters. The zero-order valence-corrected chi connectivity index (χ0v) is 15.7. The summed E-state index contributed by atoms with van der Waals surface area (Å²) in [5.41, 5.74) is 2.65. The normalized spacial score (nSPS) is 28.0. The summed E-state index contributed by atoms with van der Waals surface area (Å²) in [6, 6.07) is 14.4. The summed E-state index contributed by atoms with van der Waals surface area (Å²) in [4.78, 5) is 40.0. The molecule has 5 rings (SSSR count). The van der Waals surface area contributed by atoms with Crippen LogP contribution in [0.4, 0.5) is 11.4 Å². The largest absolute Gasteiger partial charge is 0.322 e. The van der Waals surface area contributed by atoms with Gasteiger partial charge in [-0.2, -0.15) is 0 Å². The van der Waals surface area contributed by atoms with Crippen molar-refractivity contribution in [3.63, 3.8) is 0 Å². The first-order valence-corrected chi connectivity index (χ1v) is 9.89. The van der Waals surface area contributed by atoms with Gasteiger partial charge in [-0.1, -0.05) is 24.3 Å². The minimum Gasteiger partial charge on any atom is -0.322 e. The van der Waals surface area contributed by atoms with Crippen molar-refractivity contribution in [1.82, 2.24) is 0 Å². The van der Waals surface area contributed by atoms with Gasteiger partial charge in [0.25, 0.3) is 5.91 Å². The molecule has 2 saturated carbocycles. The SMILES string of the molecule is Cc1ccccc1NC(=O)c1cccc(N2C(=O)[C@@H]3[C@H]4CC[C@@H](C4)[C@H]3C2=O)c1. The van der Waals surface area contributed by atoms with Crippen molar-refractivity contribution >= 4 is 29.1 Å². The van der Waals surface area contributed by atoms with E-state index in [4.69, 9.17) is 0 Å². The monoisotopic (exact) mass is 374 g/mol. The molecule has 1 saturated heterocycles. The summed E-state index contributed by atoms with van der Waals surface area (Å²) in [6.07, 6.45) is 3.12. The van der Waals surface area contributed by atoms with Crippen molar-refractivity contribution in [1.29, 1.82) is 0 Å². The fourth-order valence-corrected chi connectivity index (χ4v) is 5.36. The maximum atomic E-state index is 13.0. The third-order valence-corrected chi connectivity index (χ3v) is 6.69. The van der Waals surface area contributed by atoms with E-state index in [9.17, 15) is 14.4 Å². The number of hydrogen-bond acceptors (Lipinski definition) is 3. The number of rotatable bonds is 3. The molecule has 0 aromatic heterocycles. The van der Waals surface area contributed by atoms with E-state index < -0.39 is 0 Å². The third kappa shape index (κ3) is 2.49. The van der Waals surface area contributed by atoms with E-state index in [0.717, 1.165) is 30.5 Å². The molecular formula is C23H22N2O3. The molecule has 1 N–H and O–H groups in total. The third-order valence-electron chi connectivity index (χ3n) is 6.69. The fraction of sp³-hybridized carbons (Fsp3) is 0.348. The van der Waals surface area contributed by atoms with Gasteiger partial charge in [0.15, 0.2) is 0 Å². The Labute approximate surface area is 163 Å². The zero-order valence-electron chi connectivity index (χ0n) is 15.7. The lowest BCUT2D eigenvalue weighted by atomic mass is 9.81. The van der Waals surface area contributed by atoms with Crippen LogP contribution in [-0.4, -0.2) is 17.7 Å². The summed E-state index contributed by atoms with van der Waals surface area (Å²) in [5.74, 6) is -0.0350. The van der Waals surface area contributed by atoms with Crippen molar-refractivity contribution in [3.05, 3.63) is 59.7 Å². The highest BCUT2D eigenvalue weighted by Gasteiger charge is 2.61. The van der Waals surface area contributed by atoms with Crippen molar-refractivity contribution in [2.24, 2.45) is 23.7 Å². The van der Waals surface area contributed by atoms with Crippen molar-refractivity contribution in [3.8, 4) is 0 Å². The number of hydrogen-bond donors (Lipinski definition) is 1. The van der Waals surface area contributed by atoms with E-state index in [1.807, 2.05) is 31.2 Å². The van der Waals surface area contributed by atoms with Gasteiger partial charge >= 0.3 is 0 Å². The first-order chi connectivity index (χ1) is 13.5. The van der Waals surface area contributed by atoms with Crippen molar-refractivity contribution in [2.45, 2.75) is 26.2 Å². The number of carbonyl (C=O) groups excluding carboxylic acids is 3. The Morgan fingerprint density at radius 2 is 1.64 bits per heavy atom. The number of aryl methyl sites for hydroxylation is 1. The first kappa shape index (κ1) is 17.2. The number of carbonyl (C=O) groups is 3. The Morgan fingerprint density at radius 1 is 0.964 bits per heavy atom. The number of anilines is 2. The number of benzene rings is 2. The molecule has 5 nitrogen and oxygen atoms in total. The molecule has 2 bridgehead atoms. The minimum absolute atomic E-state index is 0.0846. The van der Waals surface area contributed by atoms with Gasteiger partial charge < -0.3 is 5.32 Å². The highest BCUT2D eigenvalue weighted by atomic mass is 16.2. The summed E-state index contributed by atoms with van der Waals surface area (Å²) >= 11 is 0. The van der Waals surface area contributed by atoms with Gasteiger partial charge in [-0.25, -0.2) is 0 Å². The lowest BCUT2D eigenvalue weighted by Crippen LogP contribution is -2.33. The maximum absolute atomic E-state index is 13.0. The molecule has 2 aliphatic carbocycles. The van der Waals surface area contributed by atoms with Crippen LogP contribution in [0.3, 0.4) is 0 Å². The van der Waals surface area contributed by atoms with Crippen LogP contribution in [0.2, 0.25) is 0 Å². The van der Waals surface area contributed by atoms with Crippen LogP contribution >= 0.6 is 0 Å². The molecule has 2 aromatic carbocycles. The second-order valence-corrected chi connectivity index (χ2v) is 8.22. The van der Waals surface area contributed by atoms with E-state index in [1.165, 1.54) is 4.90 Å². The Hall–Kier alpha value is -2.95. The summed E-state index contributed by atoms with van der Waals surface area (Å²) < 4.78 is 0. The van der Waals surface area contributed by atoms with E-state index in [2.05, 4.69) is 5.32 Å². The number of imide groups is 1. The molecular weight excluding hydrogens is 352 g/mol. The molecule has 5 heteroatoms. The molecule has 3 aliphatic rings. The molecule has 0 radical (unpaired) electrons. The summed E-state index contributed by atoms with van der Waals surface area (Å²) in [7, 11) is 0. The van der Waals surface area contributed by atoms with Crippen LogP contribution < -0.4 is 10.2 Å². The quantitative estimate of drug-likeness (QED) is 0.832. The minimum atomic E-state index is -0.254. The first-order valence-electron chi connectivity index (χ1n) is 9.89. The second kappa shape index (κ2) is 6.30. The highest BCUT2D eigenvalue weighted by molar-refractivity contribution is 6.23. The number of nitrogens with one attached hydrogen (secondary N) is 1. The molecule has 3 fully saturated rings. The average Bonchev–Trinajstić information content (AvgIpc) is 3.37. The fourth-order valence-electron chi connectivity index (χ4n) is 5.36. The van der Waals surface area contributed by atoms with Crippen LogP contribution in [0, 0.1) is 30.6 Å². The molecule has 1 aliphatic heterocycles. The Bertz CT molecular complexity index is 971. The van der Waals surface area contributed by atoms with Gasteiger partial charge in [0.1, 0.15) is 0 Å². The topological polar surface area (TPSA) is 66.5 Å². The molecule has 2 aromatic rings. The van der Waals surface area contributed by atoms with Crippen LogP contribution in [-0.2, 0) is 9.59 Å². The molecule has 0 spiro atoms. The van der Waals surface area contributed by atoms with Gasteiger partial charge in [-0.3, -0.25) is 19.3 Å². The molecule has 142 valence electrons. The lowest BCUT2D eigenvalue weighted by Gasteiger charge is -2.19. The lowest BCUT2D eigenvalue weighted by molar-refractivity contribution is -0.123. The maximum Gasteiger partial charge on any atom is 0.255 e. The van der Waals surface area contributed by atoms with Crippen molar-refractivity contribution < 1.29 is 14.4 Å². The molecule has 28 heavy (non-hydrogen) atoms. The summed E-state index contributed by atoms with van der Waals surface area (Å²) in [5, 5.41) is 2.90. The Balaban J connectivity index is 1.42. The number of fused-ring (bicyclic) bond motifs is 5. The van der Waals surface area contributed by atoms with Gasteiger partial charge in [-0.15, -0.1) is 0 Å². The van der Waals surface area contributed by atoms with Gasteiger partial charge in [0.2, 0.25) is 11.8 Å². The van der Waals surface area contributed by atoms with Crippen LogP contribution in [0.25, 0.3) is 0 Å². The van der Waals surface area contributed by atoms with E-state index >= 15 is 0 Å². The van der Waals surface area contributed by atoms with Crippen LogP contribution in [0.15, 0.2) is 48.5 Å². The van der Waals surface area contributed by atoms with Crippen LogP contribution in [0.5, 0.6) is 0 Å². The number of nitrogens with zero attached hydrogens (tertiary/aromatic N) is 1. The predicted octanol–water partition coefficient (Wildman–Crippen LogP) is 3.78. The van der Waals surface area contributed by atoms with Crippen molar-refractivity contribution in [2.75, 3.05) is 10.2 Å². The Morgan fingerprint density at radius 3 is 2.32 bits per heavy atom. The second-order valence-electron chi connectivity index (χ2n) is 8.22. The smallest absolute Gasteiger partial charge is 0.255 e. The van der Waals surface area contributed by atoms with E-state index in [1.54, 1.807) is 24.3 Å². The van der Waals surface area contributed by atoms with Gasteiger partial charge in [0, 0.05) is 11.3 Å². The standard InChI is InChI=1S/C23H22N2O3/c1-13-5-2-3-8-18(13)24-21(26)16-6-4-7-17(12-16)25-22(27)19-14-9-10-15(11-14)20(19)23(25)28/h2-8,12,14-15,19-20H,9-11H2,1H3,(H,24,26)/t14-,15-,19+,20+/m0/s1. The summed E-state index contributed by atoms with van der Waals surface area (Å²) in [6.45, 7) is 1.93. The molecule has 1 heterocycles. The van der Waals surface area contributed by atoms with Gasteiger partial charge in [0.05, 0.1) is 17.5 Å². The number of amides is 3. The highest BCUT2D eigenvalue weighted by Crippen LogP contribution is 2.56. The van der Waals surface area contributed by atoms with E-state index in [0.29, 0.717) is 23.1 Å². The van der Waals surface area contributed by atoms with E-state index in [-0.39, 0.29) is 29.6 Å². The molecule has 4 atom stereocenters. The average molecular weight is 374 g/mol. The Kier molecular flexibility index (Phi) is 3.86. The zero-order chi connectivity index (χ0) is 19.4. The van der Waals surface area contributed by atoms with Crippen LogP contribution in [0.1, 0.15) is 35.2 Å².